The molecule has 5 aromatic rings. The number of halogens is 6. The summed E-state index contributed by atoms with van der Waals surface area (Å²) < 4.78 is 77.8. The smallest absolute Gasteiger partial charge is 0.284 e. The number of nitriles is 2. The molecule has 0 fully saturated rings. The first-order valence-electron chi connectivity index (χ1n) is 15.4. The van der Waals surface area contributed by atoms with Crippen LogP contribution in [0.4, 0.5) is 26.3 Å². The van der Waals surface area contributed by atoms with Crippen LogP contribution in [-0.4, -0.2) is 33.9 Å². The van der Waals surface area contributed by atoms with Crippen molar-refractivity contribution in [3.05, 3.63) is 153 Å². The normalized spacial score (nSPS) is 14.3. The van der Waals surface area contributed by atoms with Crippen molar-refractivity contribution in [2.75, 3.05) is 0 Å². The molecule has 2 aliphatic carbocycles. The summed E-state index contributed by atoms with van der Waals surface area (Å²) in [6.45, 7) is 15.5. The summed E-state index contributed by atoms with van der Waals surface area (Å²) in [5.41, 5.74) is 2.71. The van der Waals surface area contributed by atoms with E-state index in [-0.39, 0.29) is 45.3 Å². The molecule has 14 heteroatoms. The fraction of sp³-hybridized carbons (Fsp3) is 0.0500. The van der Waals surface area contributed by atoms with Gasteiger partial charge in [-0.25, -0.2) is 30.2 Å². The van der Waals surface area contributed by atoms with Gasteiger partial charge in [0.2, 0.25) is 0 Å². The lowest BCUT2D eigenvalue weighted by Crippen LogP contribution is -2.22. The van der Waals surface area contributed by atoms with Gasteiger partial charge in [0.15, 0.2) is 0 Å². The van der Waals surface area contributed by atoms with Crippen LogP contribution in [0, 0.1) is 35.8 Å². The number of benzene rings is 4. The predicted molar refractivity (Wildman–Crippen MR) is 181 cm³/mol. The van der Waals surface area contributed by atoms with Gasteiger partial charge >= 0.3 is 12.4 Å². The molecule has 0 atom stereocenters. The number of ketones is 2. The Hall–Kier alpha value is -7.68. The van der Waals surface area contributed by atoms with E-state index in [4.69, 9.17) is 23.1 Å². The first-order chi connectivity index (χ1) is 25.7. The van der Waals surface area contributed by atoms with Gasteiger partial charge < -0.3 is 0 Å². The zero-order valence-electron chi connectivity index (χ0n) is 26.9. The maximum atomic E-state index is 13.0. The lowest BCUT2D eigenvalue weighted by molar-refractivity contribution is -0.0888. The third-order valence-corrected chi connectivity index (χ3v) is 8.84. The van der Waals surface area contributed by atoms with Crippen molar-refractivity contribution in [2.45, 2.75) is 12.4 Å². The predicted octanol–water partition coefficient (Wildman–Crippen LogP) is 9.67. The van der Waals surface area contributed by atoms with Crippen LogP contribution in [0.3, 0.4) is 0 Å². The lowest BCUT2D eigenvalue weighted by atomic mass is 9.96. The molecular weight excluding hydrogens is 710 g/mol. The topological polar surface area (TPSA) is 116 Å². The van der Waals surface area contributed by atoms with E-state index in [1.807, 2.05) is 12.1 Å². The van der Waals surface area contributed by atoms with E-state index in [1.54, 1.807) is 36.4 Å². The van der Waals surface area contributed by atoms with E-state index in [1.165, 1.54) is 24.3 Å². The summed E-state index contributed by atoms with van der Waals surface area (Å²) in [4.78, 5) is 39.9. The Morgan fingerprint density at radius 2 is 0.852 bits per heavy atom. The number of carbonyl (C=O) groups is 2. The second-order valence-electron chi connectivity index (χ2n) is 11.8. The van der Waals surface area contributed by atoms with Crippen LogP contribution < -0.4 is 0 Å². The maximum absolute atomic E-state index is 13.0. The largest absolute Gasteiger partial charge is 0.454 e. The Morgan fingerprint density at radius 1 is 0.519 bits per heavy atom. The maximum Gasteiger partial charge on any atom is 0.454 e. The number of fused-ring (bicyclic) bond motifs is 6. The van der Waals surface area contributed by atoms with E-state index in [0.717, 1.165) is 24.3 Å². The van der Waals surface area contributed by atoms with Crippen molar-refractivity contribution in [2.24, 2.45) is 0 Å². The van der Waals surface area contributed by atoms with Crippen LogP contribution in [0.25, 0.3) is 65.6 Å². The van der Waals surface area contributed by atoms with Crippen molar-refractivity contribution in [1.82, 2.24) is 9.97 Å². The van der Waals surface area contributed by atoms with Crippen molar-refractivity contribution in [1.29, 1.82) is 10.5 Å². The second-order valence-corrected chi connectivity index (χ2v) is 11.8. The summed E-state index contributed by atoms with van der Waals surface area (Å²) in [6, 6.07) is 23.1. The summed E-state index contributed by atoms with van der Waals surface area (Å²) in [7, 11) is 0. The Bertz CT molecular complexity index is 2530. The van der Waals surface area contributed by atoms with Crippen LogP contribution in [0.5, 0.6) is 0 Å². The summed E-state index contributed by atoms with van der Waals surface area (Å²) in [5.74, 6) is -3.99. The molecule has 0 saturated heterocycles. The third kappa shape index (κ3) is 5.56. The second kappa shape index (κ2) is 12.5. The first-order valence-corrected chi connectivity index (χ1v) is 15.4. The van der Waals surface area contributed by atoms with Gasteiger partial charge in [-0.3, -0.25) is 9.59 Å². The van der Waals surface area contributed by atoms with Gasteiger partial charge in [-0.1, -0.05) is 72.8 Å². The van der Waals surface area contributed by atoms with Crippen LogP contribution in [0.15, 0.2) is 96.3 Å². The monoisotopic (exact) mass is 724 g/mol. The van der Waals surface area contributed by atoms with Crippen molar-refractivity contribution in [3.8, 4) is 56.9 Å². The number of rotatable bonds is 4. The minimum absolute atomic E-state index is 0.133. The highest BCUT2D eigenvalue weighted by Crippen LogP contribution is 2.51. The number of nitrogens with zero attached hydrogens (tertiary/aromatic N) is 6. The highest BCUT2D eigenvalue weighted by molar-refractivity contribution is 6.07. The first kappa shape index (κ1) is 34.8. The lowest BCUT2D eigenvalue weighted by Gasteiger charge is -2.09. The number of hydrogen-bond donors (Lipinski definition) is 0. The molecule has 54 heavy (non-hydrogen) atoms. The fourth-order valence-electron chi connectivity index (χ4n) is 6.40. The van der Waals surface area contributed by atoms with E-state index in [9.17, 15) is 46.5 Å². The zero-order chi connectivity index (χ0) is 38.7. The molecule has 0 bridgehead atoms. The Balaban J connectivity index is 1.36. The van der Waals surface area contributed by atoms with Crippen LogP contribution in [0.1, 0.15) is 43.2 Å². The summed E-state index contributed by atoms with van der Waals surface area (Å²) in [5, 5.41) is 20.0. The minimum Gasteiger partial charge on any atom is -0.284 e. The molecule has 4 aromatic carbocycles. The molecule has 0 spiro atoms. The van der Waals surface area contributed by atoms with Gasteiger partial charge in [0.1, 0.15) is 0 Å². The minimum atomic E-state index is -5.05. The molecular formula is C40H14F6N6O2. The standard InChI is InChI=1S/C40H14F6N6O2/c1-49-29(17-47)31-27-15-23(19-3-7-21(8-4-19)37(53)39(41,42)43)11-13-25(27)33-35(31)51-34-26-14-12-24(16-28(26)32(36(34)52-33)30(18-48)50-2)20-5-9-22(10-6-20)38(54)40(44,45)46/h3-16H/b31-29-,32-30+. The van der Waals surface area contributed by atoms with Gasteiger partial charge in [0, 0.05) is 33.4 Å². The summed E-state index contributed by atoms with van der Waals surface area (Å²) in [6.07, 6.45) is -10.1. The molecule has 0 aliphatic heterocycles. The zero-order valence-corrected chi connectivity index (χ0v) is 26.9. The number of allylic oxidation sites excluding steroid dienone is 2. The van der Waals surface area contributed by atoms with Crippen LogP contribution in [-0.2, 0) is 0 Å². The van der Waals surface area contributed by atoms with Crippen LogP contribution >= 0.6 is 0 Å². The molecule has 7 rings (SSSR count). The number of hydrogen-bond acceptors (Lipinski definition) is 6. The Labute approximate surface area is 300 Å². The number of alkyl halides is 6. The number of Topliss-reactive ketones (excluding diaryl/α,β-unsaturated/α-hetero) is 2. The molecule has 0 N–H and O–H groups in total. The highest BCUT2D eigenvalue weighted by atomic mass is 19.4. The van der Waals surface area contributed by atoms with Crippen molar-refractivity contribution in [3.63, 3.8) is 0 Å². The quantitative estimate of drug-likeness (QED) is 0.0773. The Morgan fingerprint density at radius 3 is 1.15 bits per heavy atom. The van der Waals surface area contributed by atoms with E-state index in [0.29, 0.717) is 44.5 Å². The van der Waals surface area contributed by atoms with E-state index < -0.39 is 35.0 Å². The molecule has 258 valence electrons. The molecule has 1 aromatic heterocycles. The highest BCUT2D eigenvalue weighted by Gasteiger charge is 2.40. The van der Waals surface area contributed by atoms with Gasteiger partial charge in [-0.05, 0) is 45.5 Å². The molecule has 1 heterocycles. The van der Waals surface area contributed by atoms with E-state index >= 15 is 0 Å². The average Bonchev–Trinajstić information content (AvgIpc) is 3.65. The van der Waals surface area contributed by atoms with Gasteiger partial charge in [0.25, 0.3) is 23.0 Å². The van der Waals surface area contributed by atoms with Crippen molar-refractivity contribution < 1.29 is 35.9 Å². The fourth-order valence-corrected chi connectivity index (χ4v) is 6.40. The molecule has 0 saturated carbocycles. The molecule has 0 radical (unpaired) electrons. The molecule has 8 nitrogen and oxygen atoms in total. The van der Waals surface area contributed by atoms with Gasteiger partial charge in [0.05, 0.1) is 48.1 Å². The van der Waals surface area contributed by atoms with Crippen molar-refractivity contribution >= 4 is 22.7 Å². The average molecular weight is 725 g/mol. The third-order valence-electron chi connectivity index (χ3n) is 8.84. The van der Waals surface area contributed by atoms with Gasteiger partial charge in [-0.15, -0.1) is 0 Å². The molecule has 0 unspecified atom stereocenters. The van der Waals surface area contributed by atoms with Gasteiger partial charge in [-0.2, -0.15) is 26.3 Å². The molecule has 2 aliphatic rings. The Kier molecular flexibility index (Phi) is 8.06. The van der Waals surface area contributed by atoms with E-state index in [2.05, 4.69) is 9.69 Å². The number of aromatic nitrogens is 2. The summed E-state index contributed by atoms with van der Waals surface area (Å²) >= 11 is 0. The SMILES string of the molecule is [C-]#[N+]/C(C#N)=C1/c2cc(-c3ccc(C(=O)C(F)(F)F)cc3)ccc2-c2nc3c(nc21)-c1ccc(-c2ccc(C(=O)C(F)(F)F)cc2)cc1/C3=C(/C#N)[N+]#[C-]. The molecule has 0 amide bonds. The number of carbonyl (C=O) groups excluding carboxylic acids is 2. The van der Waals surface area contributed by atoms with Crippen LogP contribution in [0.2, 0.25) is 0 Å².